The minimum Gasteiger partial charge on any atom is -0.363 e. The maximum Gasteiger partial charge on any atom is 0.229 e. The van der Waals surface area contributed by atoms with Crippen LogP contribution in [-0.2, 0) is 17.6 Å². The number of amides is 1. The Morgan fingerprint density at radius 2 is 1.88 bits per heavy atom. The summed E-state index contributed by atoms with van der Waals surface area (Å²) in [6.45, 7) is 3.22. The first-order valence-electron chi connectivity index (χ1n) is 14.1. The van der Waals surface area contributed by atoms with Crippen molar-refractivity contribution in [3.63, 3.8) is 0 Å². The first kappa shape index (κ1) is 29.0. The summed E-state index contributed by atoms with van der Waals surface area (Å²) >= 11 is 0. The van der Waals surface area contributed by atoms with Gasteiger partial charge in [0.2, 0.25) is 11.9 Å². The second-order valence-corrected chi connectivity index (χ2v) is 10.7. The van der Waals surface area contributed by atoms with Gasteiger partial charge in [0.1, 0.15) is 5.82 Å². The molecule has 0 saturated heterocycles. The molecule has 4 rings (SSSR count). The molecule has 3 N–H and O–H groups in total. The second-order valence-electron chi connectivity index (χ2n) is 10.7. The third kappa shape index (κ3) is 8.26. The molecule has 0 bridgehead atoms. The molecule has 1 amide bonds. The van der Waals surface area contributed by atoms with Crippen LogP contribution < -0.4 is 16.0 Å². The highest BCUT2D eigenvalue weighted by Crippen LogP contribution is 2.26. The van der Waals surface area contributed by atoms with Gasteiger partial charge in [-0.05, 0) is 82.1 Å². The zero-order valence-electron chi connectivity index (χ0n) is 24.2. The smallest absolute Gasteiger partial charge is 0.229 e. The van der Waals surface area contributed by atoms with Crippen molar-refractivity contribution in [2.75, 3.05) is 38.3 Å². The molecule has 0 spiro atoms. The van der Waals surface area contributed by atoms with Crippen molar-refractivity contribution < 1.29 is 4.79 Å². The SMILES string of the molecule is CNC(=O)C1C/C=C\C/C=C\C1Nc1nc(Nc2ccc(C)c(CCCN(C)C)c2)ncc1Cc1ccccc1. The number of hydrogen-bond donors (Lipinski definition) is 3. The van der Waals surface area contributed by atoms with Gasteiger partial charge < -0.3 is 20.9 Å². The van der Waals surface area contributed by atoms with Crippen LogP contribution in [0.2, 0.25) is 0 Å². The number of carbonyl (C=O) groups excluding carboxylic acids is 1. The van der Waals surface area contributed by atoms with E-state index in [4.69, 9.17) is 4.98 Å². The highest BCUT2D eigenvalue weighted by molar-refractivity contribution is 5.80. The van der Waals surface area contributed by atoms with Gasteiger partial charge in [0.25, 0.3) is 0 Å². The second kappa shape index (κ2) is 14.4. The average Bonchev–Trinajstić information content (AvgIpc) is 2.93. The van der Waals surface area contributed by atoms with E-state index >= 15 is 0 Å². The minimum absolute atomic E-state index is 0.00663. The van der Waals surface area contributed by atoms with Crippen LogP contribution in [0, 0.1) is 12.8 Å². The lowest BCUT2D eigenvalue weighted by molar-refractivity contribution is -0.124. The van der Waals surface area contributed by atoms with E-state index < -0.39 is 0 Å². The summed E-state index contributed by atoms with van der Waals surface area (Å²) in [5, 5.41) is 9.87. The molecule has 2 atom stereocenters. The number of benzene rings is 2. The van der Waals surface area contributed by atoms with Crippen molar-refractivity contribution in [2.45, 2.75) is 45.1 Å². The Labute approximate surface area is 238 Å². The molecule has 2 unspecified atom stereocenters. The van der Waals surface area contributed by atoms with Gasteiger partial charge >= 0.3 is 0 Å². The van der Waals surface area contributed by atoms with Crippen LogP contribution in [-0.4, -0.2) is 54.5 Å². The molecule has 210 valence electrons. The zero-order chi connectivity index (χ0) is 28.3. The Morgan fingerprint density at radius 1 is 1.05 bits per heavy atom. The normalized spacial score (nSPS) is 18.4. The van der Waals surface area contributed by atoms with Gasteiger partial charge in [-0.1, -0.05) is 60.7 Å². The van der Waals surface area contributed by atoms with E-state index in [2.05, 4.69) is 101 Å². The molecule has 0 fully saturated rings. The Hall–Kier alpha value is -3.97. The fourth-order valence-corrected chi connectivity index (χ4v) is 4.96. The van der Waals surface area contributed by atoms with Gasteiger partial charge in [-0.25, -0.2) is 4.98 Å². The van der Waals surface area contributed by atoms with E-state index in [0.29, 0.717) is 18.8 Å². The molecule has 1 heterocycles. The molecule has 3 aromatic rings. The summed E-state index contributed by atoms with van der Waals surface area (Å²) in [5.74, 6) is 1.00. The van der Waals surface area contributed by atoms with Crippen LogP contribution in [0.4, 0.5) is 17.5 Å². The maximum atomic E-state index is 12.8. The van der Waals surface area contributed by atoms with Crippen molar-refractivity contribution in [3.8, 4) is 0 Å². The molecule has 1 aliphatic rings. The van der Waals surface area contributed by atoms with Crippen molar-refractivity contribution in [3.05, 3.63) is 101 Å². The van der Waals surface area contributed by atoms with E-state index in [1.54, 1.807) is 7.05 Å². The topological polar surface area (TPSA) is 82.2 Å². The number of carbonyl (C=O) groups is 1. The number of aryl methyl sites for hydroxylation is 2. The molecule has 0 saturated carbocycles. The summed E-state index contributed by atoms with van der Waals surface area (Å²) in [5.41, 5.74) is 5.73. The molecule has 40 heavy (non-hydrogen) atoms. The van der Waals surface area contributed by atoms with Gasteiger partial charge in [-0.3, -0.25) is 4.79 Å². The van der Waals surface area contributed by atoms with Crippen molar-refractivity contribution in [1.29, 1.82) is 0 Å². The third-order valence-corrected chi connectivity index (χ3v) is 7.25. The third-order valence-electron chi connectivity index (χ3n) is 7.25. The number of allylic oxidation sites excluding steroid dienone is 3. The Bertz CT molecular complexity index is 1320. The van der Waals surface area contributed by atoms with Crippen molar-refractivity contribution in [2.24, 2.45) is 5.92 Å². The van der Waals surface area contributed by atoms with Crippen LogP contribution >= 0.6 is 0 Å². The molecular weight excluding hydrogens is 496 g/mol. The molecule has 7 nitrogen and oxygen atoms in total. The highest BCUT2D eigenvalue weighted by Gasteiger charge is 2.26. The lowest BCUT2D eigenvalue weighted by Crippen LogP contribution is -2.39. The van der Waals surface area contributed by atoms with E-state index in [0.717, 1.165) is 42.9 Å². The molecule has 1 aliphatic carbocycles. The van der Waals surface area contributed by atoms with Gasteiger partial charge in [0, 0.05) is 30.9 Å². The van der Waals surface area contributed by atoms with E-state index in [9.17, 15) is 4.79 Å². The lowest BCUT2D eigenvalue weighted by Gasteiger charge is -2.26. The van der Waals surface area contributed by atoms with Crippen molar-refractivity contribution in [1.82, 2.24) is 20.2 Å². The number of anilines is 3. The zero-order valence-corrected chi connectivity index (χ0v) is 24.2. The first-order chi connectivity index (χ1) is 19.4. The minimum atomic E-state index is -0.254. The van der Waals surface area contributed by atoms with Gasteiger partial charge in [0.05, 0.1) is 12.0 Å². The Kier molecular flexibility index (Phi) is 10.5. The molecule has 0 aliphatic heterocycles. The summed E-state index contributed by atoms with van der Waals surface area (Å²) in [4.78, 5) is 24.7. The highest BCUT2D eigenvalue weighted by atomic mass is 16.1. The van der Waals surface area contributed by atoms with Gasteiger partial charge in [-0.2, -0.15) is 4.98 Å². The summed E-state index contributed by atoms with van der Waals surface area (Å²) in [6, 6.07) is 16.5. The number of aromatic nitrogens is 2. The number of hydrogen-bond acceptors (Lipinski definition) is 6. The monoisotopic (exact) mass is 538 g/mol. The predicted octanol–water partition coefficient (Wildman–Crippen LogP) is 5.66. The van der Waals surface area contributed by atoms with Gasteiger partial charge in [-0.15, -0.1) is 0 Å². The van der Waals surface area contributed by atoms with E-state index in [1.165, 1.54) is 16.7 Å². The fourth-order valence-electron chi connectivity index (χ4n) is 4.96. The lowest BCUT2D eigenvalue weighted by atomic mass is 9.92. The Balaban J connectivity index is 1.62. The molecule has 1 aromatic heterocycles. The summed E-state index contributed by atoms with van der Waals surface area (Å²) in [6.07, 6.45) is 14.6. The van der Waals surface area contributed by atoms with Crippen LogP contribution in [0.5, 0.6) is 0 Å². The molecule has 2 aromatic carbocycles. The Morgan fingerprint density at radius 3 is 2.65 bits per heavy atom. The van der Waals surface area contributed by atoms with Crippen LogP contribution in [0.25, 0.3) is 0 Å². The standard InChI is InChI=1S/C33H42N6O/c1-24-18-19-28(22-26(24)15-12-20-39(3)4)36-33-35-23-27(21-25-13-8-7-9-14-25)31(38-33)37-30-17-11-6-5-10-16-29(30)32(40)34-2/h5,7-11,13-14,17-19,22-23,29-30H,6,12,15-16,20-21H2,1-4H3,(H,34,40)(H2,35,36,37,38)/b10-5-,17-11-. The van der Waals surface area contributed by atoms with E-state index in [1.807, 2.05) is 24.4 Å². The van der Waals surface area contributed by atoms with Crippen LogP contribution in [0.1, 0.15) is 41.5 Å². The average molecular weight is 539 g/mol. The summed E-state index contributed by atoms with van der Waals surface area (Å²) < 4.78 is 0. The molecule has 7 heteroatoms. The quantitative estimate of drug-likeness (QED) is 0.273. The van der Waals surface area contributed by atoms with Crippen LogP contribution in [0.15, 0.2) is 79.0 Å². The number of nitrogens with one attached hydrogen (secondary N) is 3. The van der Waals surface area contributed by atoms with E-state index in [-0.39, 0.29) is 17.9 Å². The van der Waals surface area contributed by atoms with Crippen LogP contribution in [0.3, 0.4) is 0 Å². The first-order valence-corrected chi connectivity index (χ1v) is 14.1. The molecular formula is C33H42N6O. The fraction of sp³-hybridized carbons (Fsp3) is 0.364. The molecule has 0 radical (unpaired) electrons. The summed E-state index contributed by atoms with van der Waals surface area (Å²) in [7, 11) is 5.90. The van der Waals surface area contributed by atoms with Crippen molar-refractivity contribution >= 4 is 23.4 Å². The maximum absolute atomic E-state index is 12.8. The predicted molar refractivity (Wildman–Crippen MR) is 165 cm³/mol. The number of rotatable bonds is 11. The largest absolute Gasteiger partial charge is 0.363 e. The van der Waals surface area contributed by atoms with Gasteiger partial charge in [0.15, 0.2) is 0 Å². The number of nitrogens with zero attached hydrogens (tertiary/aromatic N) is 3.